The topological polar surface area (TPSA) is 80.2 Å². The first kappa shape index (κ1) is 22.1. The van der Waals surface area contributed by atoms with Gasteiger partial charge in [0.2, 0.25) is 11.8 Å². The summed E-state index contributed by atoms with van der Waals surface area (Å²) in [5.41, 5.74) is 5.14. The Morgan fingerprint density at radius 2 is 1.79 bits per heavy atom. The molecule has 0 spiro atoms. The molecule has 168 valence electrons. The number of nitrogens with zero attached hydrogens (tertiary/aromatic N) is 2. The molecule has 1 aliphatic heterocycles. The number of hydrogen-bond donors (Lipinski definition) is 1. The molecule has 1 fully saturated rings. The van der Waals surface area contributed by atoms with E-state index in [2.05, 4.69) is 10.5 Å². The van der Waals surface area contributed by atoms with Crippen molar-refractivity contribution in [3.05, 3.63) is 90.0 Å². The van der Waals surface area contributed by atoms with Crippen molar-refractivity contribution in [2.24, 2.45) is 11.0 Å². The summed E-state index contributed by atoms with van der Waals surface area (Å²) in [6, 6.07) is 24.6. The SMILES string of the molecule is COc1cc(/C=N\NC(=O)[C@@H]2CC(=O)N(c3ccccc3)C2)ccc1OCc1ccccc1. The van der Waals surface area contributed by atoms with Gasteiger partial charge in [-0.15, -0.1) is 0 Å². The number of ether oxygens (including phenoxy) is 2. The van der Waals surface area contributed by atoms with Gasteiger partial charge in [-0.1, -0.05) is 48.5 Å². The quantitative estimate of drug-likeness (QED) is 0.425. The number of carbonyl (C=O) groups is 2. The first-order valence-corrected chi connectivity index (χ1v) is 10.7. The predicted octanol–water partition coefficient (Wildman–Crippen LogP) is 3.78. The summed E-state index contributed by atoms with van der Waals surface area (Å²) in [6.07, 6.45) is 1.70. The van der Waals surface area contributed by atoms with Crippen molar-refractivity contribution >= 4 is 23.7 Å². The fourth-order valence-corrected chi connectivity index (χ4v) is 3.62. The smallest absolute Gasteiger partial charge is 0.245 e. The van der Waals surface area contributed by atoms with Gasteiger partial charge in [-0.25, -0.2) is 5.43 Å². The van der Waals surface area contributed by atoms with Crippen molar-refractivity contribution in [1.29, 1.82) is 0 Å². The number of nitrogens with one attached hydrogen (secondary N) is 1. The van der Waals surface area contributed by atoms with E-state index in [0.29, 0.717) is 24.7 Å². The van der Waals surface area contributed by atoms with Crippen LogP contribution in [0.4, 0.5) is 5.69 Å². The number of carbonyl (C=O) groups excluding carboxylic acids is 2. The first-order chi connectivity index (χ1) is 16.1. The van der Waals surface area contributed by atoms with E-state index in [4.69, 9.17) is 9.47 Å². The van der Waals surface area contributed by atoms with Crippen molar-refractivity contribution in [2.75, 3.05) is 18.6 Å². The van der Waals surface area contributed by atoms with Crippen LogP contribution in [0.5, 0.6) is 11.5 Å². The normalized spacial score (nSPS) is 15.6. The van der Waals surface area contributed by atoms with Crippen LogP contribution >= 0.6 is 0 Å². The zero-order chi connectivity index (χ0) is 23.0. The Morgan fingerprint density at radius 1 is 1.06 bits per heavy atom. The maximum absolute atomic E-state index is 12.5. The van der Waals surface area contributed by atoms with Gasteiger partial charge in [0.15, 0.2) is 11.5 Å². The number of rotatable bonds is 8. The molecule has 3 aromatic rings. The summed E-state index contributed by atoms with van der Waals surface area (Å²) in [5.74, 6) is 0.390. The molecule has 0 radical (unpaired) electrons. The van der Waals surface area contributed by atoms with Crippen LogP contribution in [0.15, 0.2) is 84.0 Å². The lowest BCUT2D eigenvalue weighted by Gasteiger charge is -2.16. The van der Waals surface area contributed by atoms with Crippen molar-refractivity contribution in [1.82, 2.24) is 5.43 Å². The van der Waals surface area contributed by atoms with Crippen LogP contribution in [0.3, 0.4) is 0 Å². The largest absolute Gasteiger partial charge is 0.493 e. The molecule has 33 heavy (non-hydrogen) atoms. The average Bonchev–Trinajstić information content (AvgIpc) is 3.26. The van der Waals surface area contributed by atoms with Crippen LogP contribution in [-0.2, 0) is 16.2 Å². The van der Waals surface area contributed by atoms with Gasteiger partial charge in [-0.05, 0) is 41.5 Å². The minimum Gasteiger partial charge on any atom is -0.493 e. The molecule has 2 amide bonds. The lowest BCUT2D eigenvalue weighted by atomic mass is 10.1. The van der Waals surface area contributed by atoms with Gasteiger partial charge in [0.05, 0.1) is 19.2 Å². The van der Waals surface area contributed by atoms with Crippen molar-refractivity contribution in [3.8, 4) is 11.5 Å². The number of methoxy groups -OCH3 is 1. The van der Waals surface area contributed by atoms with E-state index >= 15 is 0 Å². The highest BCUT2D eigenvalue weighted by molar-refractivity contribution is 6.00. The summed E-state index contributed by atoms with van der Waals surface area (Å²) < 4.78 is 11.3. The minimum atomic E-state index is -0.446. The van der Waals surface area contributed by atoms with Gasteiger partial charge in [-0.3, -0.25) is 9.59 Å². The maximum atomic E-state index is 12.5. The number of hydrogen-bond acceptors (Lipinski definition) is 5. The Kier molecular flexibility index (Phi) is 6.99. The highest BCUT2D eigenvalue weighted by Crippen LogP contribution is 2.28. The second kappa shape index (κ2) is 10.5. The maximum Gasteiger partial charge on any atom is 0.245 e. The van der Waals surface area contributed by atoms with Gasteiger partial charge in [-0.2, -0.15) is 5.10 Å². The highest BCUT2D eigenvalue weighted by atomic mass is 16.5. The zero-order valence-electron chi connectivity index (χ0n) is 18.3. The van der Waals surface area contributed by atoms with Gasteiger partial charge in [0.25, 0.3) is 0 Å². The van der Waals surface area contributed by atoms with Crippen molar-refractivity contribution in [3.63, 3.8) is 0 Å². The number of hydrazone groups is 1. The van der Waals surface area contributed by atoms with Gasteiger partial charge in [0.1, 0.15) is 6.61 Å². The summed E-state index contributed by atoms with van der Waals surface area (Å²) in [4.78, 5) is 26.5. The van der Waals surface area contributed by atoms with Gasteiger partial charge < -0.3 is 14.4 Å². The Bertz CT molecular complexity index is 1130. The standard InChI is InChI=1S/C26H25N3O4/c1-32-24-14-20(12-13-23(24)33-18-19-8-4-2-5-9-19)16-27-28-26(31)21-15-25(30)29(17-21)22-10-6-3-7-11-22/h2-14,16,21H,15,17-18H2,1H3,(H,28,31)/b27-16-/t21-/m1/s1. The van der Waals surface area contributed by atoms with E-state index in [1.807, 2.05) is 66.7 Å². The fourth-order valence-electron chi connectivity index (χ4n) is 3.62. The number of anilines is 1. The lowest BCUT2D eigenvalue weighted by molar-refractivity contribution is -0.126. The monoisotopic (exact) mass is 443 g/mol. The van der Waals surface area contributed by atoms with Crippen LogP contribution in [0.2, 0.25) is 0 Å². The van der Waals surface area contributed by atoms with Crippen LogP contribution in [0.1, 0.15) is 17.5 Å². The van der Waals surface area contributed by atoms with Gasteiger partial charge >= 0.3 is 0 Å². The molecule has 0 aromatic heterocycles. The molecule has 0 aliphatic carbocycles. The molecule has 7 heteroatoms. The molecule has 3 aromatic carbocycles. The molecule has 1 saturated heterocycles. The molecule has 1 N–H and O–H groups in total. The van der Waals surface area contributed by atoms with Crippen molar-refractivity contribution < 1.29 is 19.1 Å². The van der Waals surface area contributed by atoms with E-state index in [9.17, 15) is 9.59 Å². The summed E-state index contributed by atoms with van der Waals surface area (Å²) >= 11 is 0. The summed E-state index contributed by atoms with van der Waals surface area (Å²) in [5, 5.41) is 4.06. The van der Waals surface area contributed by atoms with Crippen LogP contribution < -0.4 is 19.8 Å². The van der Waals surface area contributed by atoms with Crippen LogP contribution in [0, 0.1) is 5.92 Å². The van der Waals surface area contributed by atoms with Crippen LogP contribution in [-0.4, -0.2) is 31.7 Å². The number of benzene rings is 3. The molecule has 1 aliphatic rings. The van der Waals surface area contributed by atoms with E-state index in [-0.39, 0.29) is 18.2 Å². The third-order valence-corrected chi connectivity index (χ3v) is 5.38. The molecule has 0 saturated carbocycles. The third-order valence-electron chi connectivity index (χ3n) is 5.38. The molecule has 4 rings (SSSR count). The molecule has 0 bridgehead atoms. The van der Waals surface area contributed by atoms with Gasteiger partial charge in [0, 0.05) is 18.7 Å². The van der Waals surface area contributed by atoms with Crippen LogP contribution in [0.25, 0.3) is 0 Å². The molecular weight excluding hydrogens is 418 g/mol. The Morgan fingerprint density at radius 3 is 2.52 bits per heavy atom. The van der Waals surface area contributed by atoms with E-state index in [0.717, 1.165) is 16.8 Å². The molecule has 1 atom stereocenters. The minimum absolute atomic E-state index is 0.0684. The lowest BCUT2D eigenvalue weighted by Crippen LogP contribution is -2.30. The Balaban J connectivity index is 1.33. The first-order valence-electron chi connectivity index (χ1n) is 10.7. The Labute approximate surface area is 192 Å². The second-order valence-electron chi connectivity index (χ2n) is 7.66. The molecule has 7 nitrogen and oxygen atoms in total. The molecule has 0 unspecified atom stereocenters. The molecular formula is C26H25N3O4. The van der Waals surface area contributed by atoms with Crippen molar-refractivity contribution in [2.45, 2.75) is 13.0 Å². The van der Waals surface area contributed by atoms with E-state index < -0.39 is 5.92 Å². The third kappa shape index (κ3) is 5.57. The summed E-state index contributed by atoms with van der Waals surface area (Å²) in [6.45, 7) is 0.770. The zero-order valence-corrected chi connectivity index (χ0v) is 18.3. The Hall–Kier alpha value is -4.13. The summed E-state index contributed by atoms with van der Waals surface area (Å²) in [7, 11) is 1.57. The number of para-hydroxylation sites is 1. The molecule has 1 heterocycles. The highest BCUT2D eigenvalue weighted by Gasteiger charge is 2.35. The second-order valence-corrected chi connectivity index (χ2v) is 7.66. The fraction of sp³-hybridized carbons (Fsp3) is 0.192. The van der Waals surface area contributed by atoms with E-state index in [1.165, 1.54) is 6.21 Å². The number of amides is 2. The average molecular weight is 444 g/mol. The predicted molar refractivity (Wildman–Crippen MR) is 126 cm³/mol. The van der Waals surface area contributed by atoms with E-state index in [1.54, 1.807) is 24.1 Å².